The zero-order valence-corrected chi connectivity index (χ0v) is 6.30. The predicted octanol–water partition coefficient (Wildman–Crippen LogP) is -0.495. The molecular formula is C7H15NO2. The van der Waals surface area contributed by atoms with E-state index in [4.69, 9.17) is 10.2 Å². The van der Waals surface area contributed by atoms with Crippen LogP contribution in [0.3, 0.4) is 0 Å². The van der Waals surface area contributed by atoms with Crippen LogP contribution in [0.5, 0.6) is 0 Å². The summed E-state index contributed by atoms with van der Waals surface area (Å²) in [7, 11) is 1.70. The van der Waals surface area contributed by atoms with Crippen LogP contribution in [0.4, 0.5) is 0 Å². The van der Waals surface area contributed by atoms with E-state index in [9.17, 15) is 0 Å². The quantitative estimate of drug-likeness (QED) is 0.457. The zero-order chi connectivity index (χ0) is 8.04. The average Bonchev–Trinajstić information content (AvgIpc) is 2.01. The standard InChI is InChI=1S/C7H15NO2/c1-3-4-7(5-9,6-10)8-2/h3,8-10H,1,4-6H2,2H3. The Morgan fingerprint density at radius 3 is 2.10 bits per heavy atom. The average molecular weight is 145 g/mol. The molecule has 0 saturated carbocycles. The predicted molar refractivity (Wildman–Crippen MR) is 40.8 cm³/mol. The Bertz CT molecular complexity index is 91.5. The van der Waals surface area contributed by atoms with Crippen molar-refractivity contribution in [2.24, 2.45) is 0 Å². The number of nitrogens with one attached hydrogen (secondary N) is 1. The number of hydrogen-bond acceptors (Lipinski definition) is 3. The summed E-state index contributed by atoms with van der Waals surface area (Å²) in [5.74, 6) is 0. The van der Waals surface area contributed by atoms with Crippen molar-refractivity contribution in [3.63, 3.8) is 0 Å². The van der Waals surface area contributed by atoms with Crippen molar-refractivity contribution in [3.05, 3.63) is 12.7 Å². The smallest absolute Gasteiger partial charge is 0.0680 e. The van der Waals surface area contributed by atoms with Gasteiger partial charge in [-0.2, -0.15) is 0 Å². The minimum atomic E-state index is -0.582. The van der Waals surface area contributed by atoms with Crippen LogP contribution >= 0.6 is 0 Å². The van der Waals surface area contributed by atoms with Gasteiger partial charge in [0.15, 0.2) is 0 Å². The van der Waals surface area contributed by atoms with E-state index in [0.717, 1.165) is 0 Å². The molecule has 0 amide bonds. The Morgan fingerprint density at radius 1 is 1.50 bits per heavy atom. The van der Waals surface area contributed by atoms with E-state index in [-0.39, 0.29) is 13.2 Å². The largest absolute Gasteiger partial charge is 0.394 e. The summed E-state index contributed by atoms with van der Waals surface area (Å²) < 4.78 is 0. The molecule has 0 atom stereocenters. The zero-order valence-electron chi connectivity index (χ0n) is 6.30. The highest BCUT2D eigenvalue weighted by Crippen LogP contribution is 2.07. The molecule has 0 unspecified atom stereocenters. The maximum atomic E-state index is 8.84. The van der Waals surface area contributed by atoms with Gasteiger partial charge in [-0.15, -0.1) is 6.58 Å². The highest BCUT2D eigenvalue weighted by atomic mass is 16.3. The van der Waals surface area contributed by atoms with Crippen LogP contribution in [0.1, 0.15) is 6.42 Å². The number of rotatable bonds is 5. The van der Waals surface area contributed by atoms with Crippen molar-refractivity contribution in [1.29, 1.82) is 0 Å². The molecule has 0 saturated heterocycles. The van der Waals surface area contributed by atoms with Crippen molar-refractivity contribution in [3.8, 4) is 0 Å². The van der Waals surface area contributed by atoms with Crippen LogP contribution in [-0.2, 0) is 0 Å². The molecule has 3 nitrogen and oxygen atoms in total. The van der Waals surface area contributed by atoms with Crippen molar-refractivity contribution < 1.29 is 10.2 Å². The summed E-state index contributed by atoms with van der Waals surface area (Å²) in [6.07, 6.45) is 2.24. The second-order valence-corrected chi connectivity index (χ2v) is 2.34. The van der Waals surface area contributed by atoms with Gasteiger partial charge in [-0.3, -0.25) is 0 Å². The third kappa shape index (κ3) is 2.10. The molecule has 0 aromatic heterocycles. The van der Waals surface area contributed by atoms with Crippen molar-refractivity contribution in [2.75, 3.05) is 20.3 Å². The van der Waals surface area contributed by atoms with Crippen LogP contribution in [0.15, 0.2) is 12.7 Å². The van der Waals surface area contributed by atoms with Crippen molar-refractivity contribution >= 4 is 0 Å². The number of hydrogen-bond donors (Lipinski definition) is 3. The Kier molecular flexibility index (Phi) is 4.27. The molecule has 3 heteroatoms. The summed E-state index contributed by atoms with van der Waals surface area (Å²) in [4.78, 5) is 0. The van der Waals surface area contributed by atoms with E-state index < -0.39 is 5.54 Å². The molecule has 0 aliphatic carbocycles. The lowest BCUT2D eigenvalue weighted by atomic mass is 9.98. The third-order valence-corrected chi connectivity index (χ3v) is 1.67. The Morgan fingerprint density at radius 2 is 2.00 bits per heavy atom. The maximum absolute atomic E-state index is 8.84. The Balaban J connectivity index is 4.00. The molecule has 0 aliphatic heterocycles. The first kappa shape index (κ1) is 9.62. The first-order valence-electron chi connectivity index (χ1n) is 3.26. The van der Waals surface area contributed by atoms with Gasteiger partial charge in [0.2, 0.25) is 0 Å². The van der Waals surface area contributed by atoms with Gasteiger partial charge < -0.3 is 15.5 Å². The SMILES string of the molecule is C=CCC(CO)(CO)NC. The summed E-state index contributed by atoms with van der Waals surface area (Å²) in [5, 5.41) is 20.5. The molecule has 0 spiro atoms. The van der Waals surface area contributed by atoms with E-state index in [1.54, 1.807) is 13.1 Å². The minimum absolute atomic E-state index is 0.0774. The van der Waals surface area contributed by atoms with E-state index in [1.165, 1.54) is 0 Å². The topological polar surface area (TPSA) is 52.5 Å². The van der Waals surface area contributed by atoms with E-state index in [1.807, 2.05) is 0 Å². The van der Waals surface area contributed by atoms with Crippen molar-refractivity contribution in [2.45, 2.75) is 12.0 Å². The molecule has 0 aliphatic rings. The second kappa shape index (κ2) is 4.44. The van der Waals surface area contributed by atoms with Crippen LogP contribution in [0.25, 0.3) is 0 Å². The number of aliphatic hydroxyl groups excluding tert-OH is 2. The van der Waals surface area contributed by atoms with Crippen LogP contribution < -0.4 is 5.32 Å². The van der Waals surface area contributed by atoms with Gasteiger partial charge in [0.05, 0.1) is 18.8 Å². The normalized spacial score (nSPS) is 11.5. The lowest BCUT2D eigenvalue weighted by Crippen LogP contribution is -2.49. The van der Waals surface area contributed by atoms with Crippen LogP contribution in [0, 0.1) is 0 Å². The molecule has 0 fully saturated rings. The molecule has 0 heterocycles. The van der Waals surface area contributed by atoms with E-state index in [2.05, 4.69) is 11.9 Å². The van der Waals surface area contributed by atoms with Crippen molar-refractivity contribution in [1.82, 2.24) is 5.32 Å². The highest BCUT2D eigenvalue weighted by molar-refractivity contribution is 4.91. The molecule has 0 radical (unpaired) electrons. The van der Waals surface area contributed by atoms with E-state index in [0.29, 0.717) is 6.42 Å². The highest BCUT2D eigenvalue weighted by Gasteiger charge is 2.23. The lowest BCUT2D eigenvalue weighted by Gasteiger charge is -2.27. The van der Waals surface area contributed by atoms with Gasteiger partial charge >= 0.3 is 0 Å². The molecule has 0 aromatic rings. The molecule has 10 heavy (non-hydrogen) atoms. The minimum Gasteiger partial charge on any atom is -0.394 e. The second-order valence-electron chi connectivity index (χ2n) is 2.34. The van der Waals surface area contributed by atoms with Gasteiger partial charge in [-0.25, -0.2) is 0 Å². The Labute approximate surface area is 61.4 Å². The maximum Gasteiger partial charge on any atom is 0.0680 e. The monoisotopic (exact) mass is 145 g/mol. The van der Waals surface area contributed by atoms with Crippen LogP contribution in [0.2, 0.25) is 0 Å². The summed E-state index contributed by atoms with van der Waals surface area (Å²) >= 11 is 0. The van der Waals surface area contributed by atoms with Gasteiger partial charge in [-0.05, 0) is 13.5 Å². The lowest BCUT2D eigenvalue weighted by molar-refractivity contribution is 0.0992. The molecule has 0 rings (SSSR count). The first-order chi connectivity index (χ1) is 4.74. The molecule has 0 aromatic carbocycles. The molecular weight excluding hydrogens is 130 g/mol. The molecule has 60 valence electrons. The van der Waals surface area contributed by atoms with Crippen LogP contribution in [-0.4, -0.2) is 36.0 Å². The van der Waals surface area contributed by atoms with Gasteiger partial charge in [0.1, 0.15) is 0 Å². The first-order valence-corrected chi connectivity index (χ1v) is 3.26. The summed E-state index contributed by atoms with van der Waals surface area (Å²) in [6, 6.07) is 0. The number of aliphatic hydroxyl groups is 2. The third-order valence-electron chi connectivity index (χ3n) is 1.67. The van der Waals surface area contributed by atoms with E-state index >= 15 is 0 Å². The summed E-state index contributed by atoms with van der Waals surface area (Å²) in [5.41, 5.74) is -0.582. The van der Waals surface area contributed by atoms with Gasteiger partial charge in [-0.1, -0.05) is 6.08 Å². The molecule has 3 N–H and O–H groups in total. The summed E-state index contributed by atoms with van der Waals surface area (Å²) in [6.45, 7) is 3.37. The molecule has 0 bridgehead atoms. The fraction of sp³-hybridized carbons (Fsp3) is 0.714. The van der Waals surface area contributed by atoms with Gasteiger partial charge in [0.25, 0.3) is 0 Å². The number of likely N-dealkylation sites (N-methyl/N-ethyl adjacent to an activating group) is 1. The fourth-order valence-corrected chi connectivity index (χ4v) is 0.716. The van der Waals surface area contributed by atoms with Gasteiger partial charge in [0, 0.05) is 0 Å². The Hall–Kier alpha value is -0.380. The fourth-order valence-electron chi connectivity index (χ4n) is 0.716.